The minimum Gasteiger partial charge on any atom is -0.385 e. The van der Waals surface area contributed by atoms with Crippen LogP contribution in [0.3, 0.4) is 0 Å². The van der Waals surface area contributed by atoms with Crippen LogP contribution in [0.15, 0.2) is 0 Å². The quantitative estimate of drug-likeness (QED) is 0.726. The van der Waals surface area contributed by atoms with Crippen molar-refractivity contribution in [3.63, 3.8) is 0 Å². The van der Waals surface area contributed by atoms with E-state index < -0.39 is 0 Å². The zero-order chi connectivity index (χ0) is 10.6. The lowest BCUT2D eigenvalue weighted by Crippen LogP contribution is -2.47. The fraction of sp³-hybridized carbons (Fsp3) is 0.909. The molecule has 0 aromatic heterocycles. The van der Waals surface area contributed by atoms with E-state index in [4.69, 9.17) is 4.74 Å². The number of methoxy groups -OCH3 is 1. The van der Waals surface area contributed by atoms with E-state index in [0.717, 1.165) is 25.8 Å². The highest BCUT2D eigenvalue weighted by Crippen LogP contribution is 2.24. The number of rotatable bonds is 5. The fourth-order valence-electron chi connectivity index (χ4n) is 2.07. The van der Waals surface area contributed by atoms with Crippen molar-refractivity contribution in [2.24, 2.45) is 5.92 Å². The van der Waals surface area contributed by atoms with Gasteiger partial charge in [-0.05, 0) is 32.7 Å². The van der Waals surface area contributed by atoms with Gasteiger partial charge in [-0.25, -0.2) is 0 Å². The smallest absolute Gasteiger partial charge is 0.155 e. The summed E-state index contributed by atoms with van der Waals surface area (Å²) in [6.07, 6.45) is 2.91. The largest absolute Gasteiger partial charge is 0.385 e. The molecule has 1 fully saturated rings. The van der Waals surface area contributed by atoms with Crippen molar-refractivity contribution in [1.29, 1.82) is 0 Å². The summed E-state index contributed by atoms with van der Waals surface area (Å²) in [7, 11) is 1.67. The Hall–Kier alpha value is -0.410. The summed E-state index contributed by atoms with van der Waals surface area (Å²) in [6.45, 7) is 5.65. The van der Waals surface area contributed by atoms with Gasteiger partial charge >= 0.3 is 0 Å². The zero-order valence-corrected chi connectivity index (χ0v) is 9.43. The summed E-state index contributed by atoms with van der Waals surface area (Å²) in [5, 5.41) is 3.30. The first-order valence-corrected chi connectivity index (χ1v) is 5.38. The molecule has 14 heavy (non-hydrogen) atoms. The number of hydrogen-bond acceptors (Lipinski definition) is 3. The molecule has 0 saturated carbocycles. The van der Waals surface area contributed by atoms with Crippen LogP contribution in [0.2, 0.25) is 0 Å². The van der Waals surface area contributed by atoms with Gasteiger partial charge in [-0.1, -0.05) is 6.92 Å². The molecule has 3 heteroatoms. The van der Waals surface area contributed by atoms with Crippen molar-refractivity contribution in [1.82, 2.24) is 5.32 Å². The Morgan fingerprint density at radius 3 is 2.86 bits per heavy atom. The second-order valence-electron chi connectivity index (χ2n) is 4.41. The molecule has 0 aliphatic carbocycles. The lowest BCUT2D eigenvalue weighted by molar-refractivity contribution is -0.128. The standard InChI is InChI=1S/C11H21NO2/c1-9(5-8-14-3)10(13)11(2)6-4-7-12-11/h9,12H,4-8H2,1-3H3. The Kier molecular flexibility index (Phi) is 4.08. The van der Waals surface area contributed by atoms with E-state index in [1.54, 1.807) is 7.11 Å². The van der Waals surface area contributed by atoms with Gasteiger partial charge in [0, 0.05) is 19.6 Å². The summed E-state index contributed by atoms with van der Waals surface area (Å²) < 4.78 is 4.99. The van der Waals surface area contributed by atoms with Crippen LogP contribution in [-0.2, 0) is 9.53 Å². The predicted molar refractivity (Wildman–Crippen MR) is 56.3 cm³/mol. The van der Waals surface area contributed by atoms with E-state index >= 15 is 0 Å². The van der Waals surface area contributed by atoms with E-state index in [-0.39, 0.29) is 11.5 Å². The molecule has 0 aromatic carbocycles. The molecule has 2 unspecified atom stereocenters. The van der Waals surface area contributed by atoms with Crippen LogP contribution in [-0.4, -0.2) is 31.6 Å². The van der Waals surface area contributed by atoms with Crippen LogP contribution >= 0.6 is 0 Å². The van der Waals surface area contributed by atoms with Crippen LogP contribution in [0.4, 0.5) is 0 Å². The lowest BCUT2D eigenvalue weighted by atomic mass is 9.85. The molecule has 1 saturated heterocycles. The molecule has 1 aliphatic rings. The normalized spacial score (nSPS) is 29.1. The SMILES string of the molecule is COCCC(C)C(=O)C1(C)CCCN1. The molecular formula is C11H21NO2. The summed E-state index contributed by atoms with van der Waals surface area (Å²) in [4.78, 5) is 12.1. The van der Waals surface area contributed by atoms with Gasteiger partial charge in [-0.15, -0.1) is 0 Å². The second kappa shape index (κ2) is 4.89. The highest BCUT2D eigenvalue weighted by atomic mass is 16.5. The Labute approximate surface area is 86.2 Å². The number of nitrogens with one attached hydrogen (secondary N) is 1. The number of ether oxygens (including phenoxy) is 1. The van der Waals surface area contributed by atoms with Crippen molar-refractivity contribution in [2.45, 2.75) is 38.6 Å². The molecule has 3 nitrogen and oxygen atoms in total. The minimum absolute atomic E-state index is 0.102. The summed E-state index contributed by atoms with van der Waals surface area (Å²) >= 11 is 0. The second-order valence-corrected chi connectivity index (χ2v) is 4.41. The van der Waals surface area contributed by atoms with Crippen molar-refractivity contribution in [3.05, 3.63) is 0 Å². The van der Waals surface area contributed by atoms with Crippen LogP contribution < -0.4 is 5.32 Å². The molecule has 0 bridgehead atoms. The monoisotopic (exact) mass is 199 g/mol. The third-order valence-corrected chi connectivity index (χ3v) is 3.12. The van der Waals surface area contributed by atoms with E-state index in [9.17, 15) is 4.79 Å². The van der Waals surface area contributed by atoms with Crippen molar-refractivity contribution in [3.8, 4) is 0 Å². The molecule has 2 atom stereocenters. The first-order valence-electron chi connectivity index (χ1n) is 5.38. The van der Waals surface area contributed by atoms with Gasteiger partial charge < -0.3 is 10.1 Å². The summed E-state index contributed by atoms with van der Waals surface area (Å²) in [6, 6.07) is 0. The van der Waals surface area contributed by atoms with Crippen LogP contribution in [0.1, 0.15) is 33.1 Å². The highest BCUT2D eigenvalue weighted by Gasteiger charge is 2.37. The summed E-state index contributed by atoms with van der Waals surface area (Å²) in [5.41, 5.74) is -0.271. The molecule has 82 valence electrons. The van der Waals surface area contributed by atoms with Gasteiger partial charge in [-0.2, -0.15) is 0 Å². The minimum atomic E-state index is -0.271. The molecule has 1 N–H and O–H groups in total. The molecule has 0 radical (unpaired) electrons. The Morgan fingerprint density at radius 2 is 2.36 bits per heavy atom. The molecule has 0 amide bonds. The van der Waals surface area contributed by atoms with Gasteiger partial charge in [0.15, 0.2) is 5.78 Å². The van der Waals surface area contributed by atoms with Gasteiger partial charge in [0.2, 0.25) is 0 Å². The predicted octanol–water partition coefficient (Wildman–Crippen LogP) is 1.37. The first-order chi connectivity index (χ1) is 6.60. The van der Waals surface area contributed by atoms with Gasteiger partial charge in [0.25, 0.3) is 0 Å². The molecule has 1 aliphatic heterocycles. The number of ketones is 1. The van der Waals surface area contributed by atoms with Crippen LogP contribution in [0.25, 0.3) is 0 Å². The maximum absolute atomic E-state index is 12.1. The maximum atomic E-state index is 12.1. The van der Waals surface area contributed by atoms with Crippen LogP contribution in [0.5, 0.6) is 0 Å². The Morgan fingerprint density at radius 1 is 1.64 bits per heavy atom. The van der Waals surface area contributed by atoms with Gasteiger partial charge in [0.1, 0.15) is 0 Å². The fourth-order valence-corrected chi connectivity index (χ4v) is 2.07. The van der Waals surface area contributed by atoms with E-state index in [0.29, 0.717) is 12.4 Å². The van der Waals surface area contributed by atoms with Gasteiger partial charge in [0.05, 0.1) is 5.54 Å². The van der Waals surface area contributed by atoms with Crippen molar-refractivity contribution >= 4 is 5.78 Å². The number of carbonyl (C=O) groups excluding carboxylic acids is 1. The molecule has 1 rings (SSSR count). The summed E-state index contributed by atoms with van der Waals surface area (Å²) in [5.74, 6) is 0.442. The third kappa shape index (κ3) is 2.55. The molecule has 1 heterocycles. The molecule has 0 spiro atoms. The average Bonchev–Trinajstić information content (AvgIpc) is 2.61. The average molecular weight is 199 g/mol. The van der Waals surface area contributed by atoms with E-state index in [1.807, 2.05) is 13.8 Å². The molecular weight excluding hydrogens is 178 g/mol. The van der Waals surface area contributed by atoms with E-state index in [2.05, 4.69) is 5.32 Å². The zero-order valence-electron chi connectivity index (χ0n) is 9.43. The Bertz CT molecular complexity index is 197. The van der Waals surface area contributed by atoms with Crippen molar-refractivity contribution < 1.29 is 9.53 Å². The molecule has 0 aromatic rings. The maximum Gasteiger partial charge on any atom is 0.155 e. The first kappa shape index (κ1) is 11.7. The van der Waals surface area contributed by atoms with E-state index in [1.165, 1.54) is 0 Å². The number of Topliss-reactive ketones (excluding diaryl/α,β-unsaturated/α-hetero) is 1. The highest BCUT2D eigenvalue weighted by molar-refractivity contribution is 5.90. The third-order valence-electron chi connectivity index (χ3n) is 3.12. The lowest BCUT2D eigenvalue weighted by Gasteiger charge is -2.26. The topological polar surface area (TPSA) is 38.3 Å². The Balaban J connectivity index is 2.46. The van der Waals surface area contributed by atoms with Crippen LogP contribution in [0, 0.1) is 5.92 Å². The van der Waals surface area contributed by atoms with Crippen molar-refractivity contribution in [2.75, 3.05) is 20.3 Å². The number of hydrogen-bond donors (Lipinski definition) is 1. The van der Waals surface area contributed by atoms with Gasteiger partial charge in [-0.3, -0.25) is 4.79 Å². The number of carbonyl (C=O) groups is 1.